The second kappa shape index (κ2) is 9.39. The smallest absolute Gasteiger partial charge is 0.262 e. The van der Waals surface area contributed by atoms with Crippen LogP contribution in [0, 0.1) is 0 Å². The maximum Gasteiger partial charge on any atom is 0.262 e. The molecule has 1 aromatic carbocycles. The lowest BCUT2D eigenvalue weighted by Gasteiger charge is -2.18. The molecule has 0 N–H and O–H groups in total. The zero-order chi connectivity index (χ0) is 19.3. The minimum atomic E-state index is -0.355. The Kier molecular flexibility index (Phi) is 7.49. The van der Waals surface area contributed by atoms with Crippen LogP contribution in [0.5, 0.6) is 0 Å². The van der Waals surface area contributed by atoms with Crippen molar-refractivity contribution in [3.8, 4) is 0 Å². The van der Waals surface area contributed by atoms with E-state index >= 15 is 0 Å². The fourth-order valence-corrected chi connectivity index (χ4v) is 3.75. The Morgan fingerprint density at radius 1 is 1.42 bits per heavy atom. The zero-order valence-electron chi connectivity index (χ0n) is 15.5. The highest BCUT2D eigenvalue weighted by Gasteiger charge is 2.20. The van der Waals surface area contributed by atoms with Crippen LogP contribution in [0.1, 0.15) is 20.3 Å². The van der Waals surface area contributed by atoms with E-state index in [-0.39, 0.29) is 16.7 Å². The molecule has 0 aliphatic rings. The van der Waals surface area contributed by atoms with Gasteiger partial charge in [-0.25, -0.2) is 4.98 Å². The van der Waals surface area contributed by atoms with Crippen molar-refractivity contribution in [1.82, 2.24) is 14.5 Å². The van der Waals surface area contributed by atoms with Crippen LogP contribution in [-0.2, 0) is 16.1 Å². The van der Waals surface area contributed by atoms with Crippen LogP contribution in [0.4, 0.5) is 0 Å². The predicted molar refractivity (Wildman–Crippen MR) is 106 cm³/mol. The largest absolute Gasteiger partial charge is 0.382 e. The molecule has 0 radical (unpaired) electrons. The maximum atomic E-state index is 12.9. The van der Waals surface area contributed by atoms with Crippen molar-refractivity contribution in [3.63, 3.8) is 0 Å². The molecule has 0 aliphatic carbocycles. The molecule has 0 saturated carbocycles. The van der Waals surface area contributed by atoms with E-state index in [1.807, 2.05) is 13.8 Å². The standard InChI is InChI=1S/C18H24ClN3O3S/c1-5-25-10-6-9-22-17(24)14-8-7-13(19)11-15(14)20-18(22)26-12(2)16(23)21(3)4/h7-8,11-12H,5-6,9-10H2,1-4H3. The van der Waals surface area contributed by atoms with Crippen LogP contribution in [0.15, 0.2) is 28.2 Å². The highest BCUT2D eigenvalue weighted by molar-refractivity contribution is 8.00. The SMILES string of the molecule is CCOCCCn1c(SC(C)C(=O)N(C)C)nc2cc(Cl)ccc2c1=O. The third kappa shape index (κ3) is 4.99. The highest BCUT2D eigenvalue weighted by atomic mass is 35.5. The Hall–Kier alpha value is -1.57. The summed E-state index contributed by atoms with van der Waals surface area (Å²) in [5.41, 5.74) is 0.408. The molecule has 1 amide bonds. The number of nitrogens with zero attached hydrogens (tertiary/aromatic N) is 3. The van der Waals surface area contributed by atoms with Gasteiger partial charge in [-0.3, -0.25) is 14.2 Å². The quantitative estimate of drug-likeness (QED) is 0.389. The van der Waals surface area contributed by atoms with Gasteiger partial charge in [0, 0.05) is 38.9 Å². The van der Waals surface area contributed by atoms with E-state index in [0.717, 1.165) is 0 Å². The molecule has 1 atom stereocenters. The summed E-state index contributed by atoms with van der Waals surface area (Å²) in [5.74, 6) is -0.0312. The van der Waals surface area contributed by atoms with E-state index in [0.29, 0.717) is 47.3 Å². The molecule has 8 heteroatoms. The van der Waals surface area contributed by atoms with Crippen LogP contribution >= 0.6 is 23.4 Å². The molecular weight excluding hydrogens is 374 g/mol. The van der Waals surface area contributed by atoms with Gasteiger partial charge in [0.05, 0.1) is 16.2 Å². The zero-order valence-corrected chi connectivity index (χ0v) is 17.1. The molecule has 26 heavy (non-hydrogen) atoms. The van der Waals surface area contributed by atoms with Gasteiger partial charge < -0.3 is 9.64 Å². The van der Waals surface area contributed by atoms with Gasteiger partial charge in [-0.2, -0.15) is 0 Å². The third-order valence-electron chi connectivity index (χ3n) is 3.83. The van der Waals surface area contributed by atoms with Crippen LogP contribution in [-0.4, -0.2) is 52.9 Å². The highest BCUT2D eigenvalue weighted by Crippen LogP contribution is 2.24. The first-order valence-electron chi connectivity index (χ1n) is 8.50. The summed E-state index contributed by atoms with van der Waals surface area (Å²) >= 11 is 7.33. The number of hydrogen-bond donors (Lipinski definition) is 0. The molecular formula is C18H24ClN3O3S. The maximum absolute atomic E-state index is 12.9. The Morgan fingerprint density at radius 2 is 2.15 bits per heavy atom. The van der Waals surface area contributed by atoms with Crippen LogP contribution in [0.3, 0.4) is 0 Å². The Balaban J connectivity index is 2.43. The molecule has 142 valence electrons. The van der Waals surface area contributed by atoms with Crippen molar-refractivity contribution in [2.24, 2.45) is 0 Å². The lowest BCUT2D eigenvalue weighted by molar-refractivity contribution is -0.127. The normalized spacial score (nSPS) is 12.3. The number of ether oxygens (including phenoxy) is 1. The predicted octanol–water partition coefficient (Wildman–Crippen LogP) is 3.05. The number of rotatable bonds is 8. The summed E-state index contributed by atoms with van der Waals surface area (Å²) in [7, 11) is 3.42. The van der Waals surface area contributed by atoms with Crippen molar-refractivity contribution in [2.45, 2.75) is 37.2 Å². The van der Waals surface area contributed by atoms with Gasteiger partial charge in [0.25, 0.3) is 5.56 Å². The van der Waals surface area contributed by atoms with Gasteiger partial charge in [0.1, 0.15) is 0 Å². The molecule has 1 aromatic heterocycles. The minimum absolute atomic E-state index is 0.0312. The monoisotopic (exact) mass is 397 g/mol. The Morgan fingerprint density at radius 3 is 2.81 bits per heavy atom. The molecule has 2 rings (SSSR count). The molecule has 1 heterocycles. The summed E-state index contributed by atoms with van der Waals surface area (Å²) in [6.45, 7) is 5.43. The first-order valence-corrected chi connectivity index (χ1v) is 9.76. The third-order valence-corrected chi connectivity index (χ3v) is 5.14. The van der Waals surface area contributed by atoms with E-state index in [1.165, 1.54) is 16.7 Å². The second-order valence-electron chi connectivity index (χ2n) is 6.06. The number of carbonyl (C=O) groups is 1. The molecule has 2 aromatic rings. The molecule has 1 unspecified atom stereocenters. The van der Waals surface area contributed by atoms with Crippen LogP contribution in [0.2, 0.25) is 5.02 Å². The minimum Gasteiger partial charge on any atom is -0.382 e. The first-order chi connectivity index (χ1) is 12.3. The topological polar surface area (TPSA) is 64.4 Å². The van der Waals surface area contributed by atoms with Gasteiger partial charge in [-0.1, -0.05) is 23.4 Å². The summed E-state index contributed by atoms with van der Waals surface area (Å²) < 4.78 is 6.99. The van der Waals surface area contributed by atoms with Gasteiger partial charge in [0.15, 0.2) is 5.16 Å². The average molecular weight is 398 g/mol. The van der Waals surface area contributed by atoms with Crippen LogP contribution < -0.4 is 5.56 Å². The van der Waals surface area contributed by atoms with E-state index in [1.54, 1.807) is 36.9 Å². The summed E-state index contributed by atoms with van der Waals surface area (Å²) in [6.07, 6.45) is 0.693. The number of hydrogen-bond acceptors (Lipinski definition) is 5. The summed E-state index contributed by atoms with van der Waals surface area (Å²) in [5, 5.41) is 1.20. The van der Waals surface area contributed by atoms with E-state index in [4.69, 9.17) is 16.3 Å². The number of carbonyl (C=O) groups excluding carboxylic acids is 1. The van der Waals surface area contributed by atoms with E-state index in [2.05, 4.69) is 4.98 Å². The van der Waals surface area contributed by atoms with E-state index in [9.17, 15) is 9.59 Å². The Bertz CT molecular complexity index is 838. The number of halogens is 1. The fourth-order valence-electron chi connectivity index (χ4n) is 2.50. The van der Waals surface area contributed by atoms with Crippen molar-refractivity contribution in [3.05, 3.63) is 33.6 Å². The summed E-state index contributed by atoms with van der Waals surface area (Å²) in [6, 6.07) is 5.04. The van der Waals surface area contributed by atoms with Gasteiger partial charge in [0.2, 0.25) is 5.91 Å². The molecule has 0 aliphatic heterocycles. The van der Waals surface area contributed by atoms with Gasteiger partial charge >= 0.3 is 0 Å². The fraction of sp³-hybridized carbons (Fsp3) is 0.500. The van der Waals surface area contributed by atoms with Crippen molar-refractivity contribution >= 4 is 40.2 Å². The second-order valence-corrected chi connectivity index (χ2v) is 7.80. The Labute approximate surface area is 162 Å². The van der Waals surface area contributed by atoms with Crippen molar-refractivity contribution in [1.29, 1.82) is 0 Å². The van der Waals surface area contributed by atoms with E-state index < -0.39 is 0 Å². The number of benzene rings is 1. The average Bonchev–Trinajstić information content (AvgIpc) is 2.59. The van der Waals surface area contributed by atoms with Crippen molar-refractivity contribution in [2.75, 3.05) is 27.3 Å². The molecule has 0 fully saturated rings. The van der Waals surface area contributed by atoms with Crippen LogP contribution in [0.25, 0.3) is 10.9 Å². The molecule has 0 saturated heterocycles. The number of fused-ring (bicyclic) bond motifs is 1. The first kappa shape index (κ1) is 20.7. The molecule has 0 bridgehead atoms. The number of aromatic nitrogens is 2. The molecule has 0 spiro atoms. The lowest BCUT2D eigenvalue weighted by atomic mass is 10.2. The molecule has 6 nitrogen and oxygen atoms in total. The number of amides is 1. The number of thioether (sulfide) groups is 1. The lowest BCUT2D eigenvalue weighted by Crippen LogP contribution is -2.31. The summed E-state index contributed by atoms with van der Waals surface area (Å²) in [4.78, 5) is 31.3. The van der Waals surface area contributed by atoms with Gasteiger partial charge in [-0.15, -0.1) is 0 Å². The van der Waals surface area contributed by atoms with Gasteiger partial charge in [-0.05, 0) is 38.5 Å². The van der Waals surface area contributed by atoms with Crippen molar-refractivity contribution < 1.29 is 9.53 Å².